The van der Waals surface area contributed by atoms with E-state index in [1.807, 2.05) is 0 Å². The molecular formula is C20H26N2O. The molecule has 1 atom stereocenters. The van der Waals surface area contributed by atoms with Crippen LogP contribution in [0.5, 0.6) is 5.75 Å². The molecule has 1 aliphatic rings. The molecule has 0 saturated carbocycles. The van der Waals surface area contributed by atoms with Gasteiger partial charge in [0.05, 0.1) is 12.2 Å². The summed E-state index contributed by atoms with van der Waals surface area (Å²) in [4.78, 5) is 2.37. The van der Waals surface area contributed by atoms with Gasteiger partial charge in [-0.2, -0.15) is 0 Å². The molecule has 0 fully saturated rings. The first kappa shape index (κ1) is 15.9. The Kier molecular flexibility index (Phi) is 5.19. The molecule has 3 heteroatoms. The van der Waals surface area contributed by atoms with Gasteiger partial charge in [0.25, 0.3) is 0 Å². The van der Waals surface area contributed by atoms with Crippen molar-refractivity contribution < 1.29 is 4.74 Å². The van der Waals surface area contributed by atoms with Crippen molar-refractivity contribution in [2.24, 2.45) is 0 Å². The van der Waals surface area contributed by atoms with E-state index in [4.69, 9.17) is 4.74 Å². The summed E-state index contributed by atoms with van der Waals surface area (Å²) in [5.74, 6) is 0.990. The zero-order chi connectivity index (χ0) is 16.1. The van der Waals surface area contributed by atoms with Crippen molar-refractivity contribution in [2.45, 2.75) is 32.4 Å². The second-order valence-corrected chi connectivity index (χ2v) is 6.33. The highest BCUT2D eigenvalue weighted by Crippen LogP contribution is 2.30. The van der Waals surface area contributed by atoms with Crippen molar-refractivity contribution in [3.05, 3.63) is 59.7 Å². The van der Waals surface area contributed by atoms with E-state index in [0.717, 1.165) is 43.9 Å². The van der Waals surface area contributed by atoms with Crippen LogP contribution < -0.4 is 10.1 Å². The molecule has 2 aromatic rings. The summed E-state index contributed by atoms with van der Waals surface area (Å²) in [6, 6.07) is 17.2. The molecule has 1 unspecified atom stereocenters. The summed E-state index contributed by atoms with van der Waals surface area (Å²) in [6.07, 6.45) is 2.39. The van der Waals surface area contributed by atoms with Crippen LogP contribution >= 0.6 is 0 Å². The number of rotatable bonds is 6. The van der Waals surface area contributed by atoms with Crippen LogP contribution in [0.15, 0.2) is 48.5 Å². The highest BCUT2D eigenvalue weighted by Gasteiger charge is 2.17. The minimum absolute atomic E-state index is 0.297. The van der Waals surface area contributed by atoms with Crippen LogP contribution in [0, 0.1) is 0 Å². The van der Waals surface area contributed by atoms with Gasteiger partial charge in [-0.3, -0.25) is 0 Å². The molecule has 0 radical (unpaired) electrons. The van der Waals surface area contributed by atoms with Crippen molar-refractivity contribution in [3.8, 4) is 5.75 Å². The molecule has 0 spiro atoms. The average Bonchev–Trinajstić information content (AvgIpc) is 2.60. The lowest BCUT2D eigenvalue weighted by atomic mass is 10.1. The van der Waals surface area contributed by atoms with Gasteiger partial charge >= 0.3 is 0 Å². The average molecular weight is 310 g/mol. The number of nitrogens with zero attached hydrogens (tertiary/aromatic N) is 1. The predicted octanol–water partition coefficient (Wildman–Crippen LogP) is 3.94. The minimum Gasteiger partial charge on any atom is -0.486 e. The van der Waals surface area contributed by atoms with E-state index in [9.17, 15) is 0 Å². The molecule has 1 N–H and O–H groups in total. The third-order valence-electron chi connectivity index (χ3n) is 4.39. The standard InChI is InChI=1S/C20H26N2O/c1-3-18-14-21-19-13-16(9-10-20(19)23-18)11-12-22(2)15-17-7-5-4-6-8-17/h4-10,13,18,21H,3,11-12,14-15H2,1-2H3. The molecule has 23 heavy (non-hydrogen) atoms. The lowest BCUT2D eigenvalue weighted by Gasteiger charge is -2.27. The fraction of sp³-hybridized carbons (Fsp3) is 0.400. The van der Waals surface area contributed by atoms with E-state index in [-0.39, 0.29) is 0 Å². The molecule has 1 aliphatic heterocycles. The Morgan fingerprint density at radius 2 is 1.96 bits per heavy atom. The highest BCUT2D eigenvalue weighted by atomic mass is 16.5. The van der Waals surface area contributed by atoms with Crippen LogP contribution in [0.2, 0.25) is 0 Å². The number of likely N-dealkylation sites (N-methyl/N-ethyl adjacent to an activating group) is 1. The summed E-state index contributed by atoms with van der Waals surface area (Å²) < 4.78 is 5.97. The first-order valence-corrected chi connectivity index (χ1v) is 8.50. The Morgan fingerprint density at radius 1 is 1.13 bits per heavy atom. The zero-order valence-electron chi connectivity index (χ0n) is 14.1. The number of fused-ring (bicyclic) bond motifs is 1. The Morgan fingerprint density at radius 3 is 2.74 bits per heavy atom. The van der Waals surface area contributed by atoms with Gasteiger partial charge in [0.1, 0.15) is 11.9 Å². The zero-order valence-corrected chi connectivity index (χ0v) is 14.1. The van der Waals surface area contributed by atoms with Crippen molar-refractivity contribution in [1.82, 2.24) is 4.90 Å². The fourth-order valence-electron chi connectivity index (χ4n) is 2.94. The van der Waals surface area contributed by atoms with Crippen LogP contribution in [-0.4, -0.2) is 31.1 Å². The monoisotopic (exact) mass is 310 g/mol. The fourth-order valence-corrected chi connectivity index (χ4v) is 2.94. The van der Waals surface area contributed by atoms with Gasteiger partial charge in [-0.15, -0.1) is 0 Å². The first-order chi connectivity index (χ1) is 11.2. The molecule has 122 valence electrons. The molecule has 0 saturated heterocycles. The molecule has 0 aliphatic carbocycles. The summed E-state index contributed by atoms with van der Waals surface area (Å²) in [6.45, 7) is 5.10. The number of ether oxygens (including phenoxy) is 1. The number of hydrogen-bond acceptors (Lipinski definition) is 3. The largest absolute Gasteiger partial charge is 0.486 e. The summed E-state index contributed by atoms with van der Waals surface area (Å²) in [7, 11) is 2.18. The van der Waals surface area contributed by atoms with Crippen LogP contribution in [0.25, 0.3) is 0 Å². The Bertz CT molecular complexity index is 627. The highest BCUT2D eigenvalue weighted by molar-refractivity contribution is 5.59. The Labute approximate surface area is 139 Å². The van der Waals surface area contributed by atoms with E-state index >= 15 is 0 Å². The predicted molar refractivity (Wildman–Crippen MR) is 96.1 cm³/mol. The topological polar surface area (TPSA) is 24.5 Å². The number of hydrogen-bond donors (Lipinski definition) is 1. The first-order valence-electron chi connectivity index (χ1n) is 8.50. The van der Waals surface area contributed by atoms with Crippen LogP contribution in [0.3, 0.4) is 0 Å². The molecule has 0 aromatic heterocycles. The van der Waals surface area contributed by atoms with Gasteiger partial charge in [0, 0.05) is 13.1 Å². The maximum atomic E-state index is 5.97. The maximum Gasteiger partial charge on any atom is 0.142 e. The Balaban J connectivity index is 1.54. The second-order valence-electron chi connectivity index (χ2n) is 6.33. The van der Waals surface area contributed by atoms with Crippen molar-refractivity contribution in [2.75, 3.05) is 25.5 Å². The summed E-state index contributed by atoms with van der Waals surface area (Å²) in [5, 5.41) is 3.49. The molecule has 1 heterocycles. The van der Waals surface area contributed by atoms with Gasteiger partial charge in [-0.25, -0.2) is 0 Å². The molecule has 2 aromatic carbocycles. The van der Waals surface area contributed by atoms with Crippen LogP contribution in [0.4, 0.5) is 5.69 Å². The van der Waals surface area contributed by atoms with Crippen molar-refractivity contribution in [1.29, 1.82) is 0 Å². The van der Waals surface area contributed by atoms with E-state index in [1.165, 1.54) is 11.1 Å². The van der Waals surface area contributed by atoms with E-state index < -0.39 is 0 Å². The number of benzene rings is 2. The van der Waals surface area contributed by atoms with Crippen molar-refractivity contribution >= 4 is 5.69 Å². The van der Waals surface area contributed by atoms with Crippen LogP contribution in [0.1, 0.15) is 24.5 Å². The Hall–Kier alpha value is -2.00. The number of nitrogens with one attached hydrogen (secondary N) is 1. The third kappa shape index (κ3) is 4.26. The van der Waals surface area contributed by atoms with E-state index in [1.54, 1.807) is 0 Å². The van der Waals surface area contributed by atoms with E-state index in [2.05, 4.69) is 72.7 Å². The third-order valence-corrected chi connectivity index (χ3v) is 4.39. The second kappa shape index (κ2) is 7.51. The van der Waals surface area contributed by atoms with Gasteiger partial charge < -0.3 is 15.0 Å². The smallest absolute Gasteiger partial charge is 0.142 e. The quantitative estimate of drug-likeness (QED) is 0.874. The summed E-state index contributed by atoms with van der Waals surface area (Å²) in [5.41, 5.74) is 3.86. The minimum atomic E-state index is 0.297. The molecule has 3 nitrogen and oxygen atoms in total. The van der Waals surface area contributed by atoms with Gasteiger partial charge in [0.2, 0.25) is 0 Å². The molecule has 0 bridgehead atoms. The SMILES string of the molecule is CCC1CNc2cc(CCN(C)Cc3ccccc3)ccc2O1. The molecule has 0 amide bonds. The lowest BCUT2D eigenvalue weighted by molar-refractivity contribution is 0.202. The van der Waals surface area contributed by atoms with Gasteiger partial charge in [-0.1, -0.05) is 43.3 Å². The lowest BCUT2D eigenvalue weighted by Crippen LogP contribution is -2.30. The number of anilines is 1. The molecular weight excluding hydrogens is 284 g/mol. The van der Waals surface area contributed by atoms with Gasteiger partial charge in [-0.05, 0) is 43.1 Å². The molecule has 3 rings (SSSR count). The van der Waals surface area contributed by atoms with E-state index in [0.29, 0.717) is 6.10 Å². The van der Waals surface area contributed by atoms with Gasteiger partial charge in [0.15, 0.2) is 0 Å². The van der Waals surface area contributed by atoms with Crippen molar-refractivity contribution in [3.63, 3.8) is 0 Å². The normalized spacial score (nSPS) is 16.6. The maximum absolute atomic E-state index is 5.97. The van der Waals surface area contributed by atoms with Crippen LogP contribution in [-0.2, 0) is 13.0 Å². The summed E-state index contributed by atoms with van der Waals surface area (Å²) >= 11 is 0.